The zero-order valence-electron chi connectivity index (χ0n) is 11.5. The number of aliphatic carboxylic acids is 1. The van der Waals surface area contributed by atoms with Gasteiger partial charge in [-0.3, -0.25) is 9.59 Å². The van der Waals surface area contributed by atoms with Crippen molar-refractivity contribution in [3.63, 3.8) is 0 Å². The van der Waals surface area contributed by atoms with Crippen molar-refractivity contribution < 1.29 is 23.8 Å². The van der Waals surface area contributed by atoms with Gasteiger partial charge < -0.3 is 15.2 Å². The smallest absolute Gasteiger partial charge is 0.310 e. The van der Waals surface area contributed by atoms with Gasteiger partial charge in [0.2, 0.25) is 5.91 Å². The van der Waals surface area contributed by atoms with E-state index in [0.29, 0.717) is 18.5 Å². The highest BCUT2D eigenvalue weighted by atomic mass is 19.1. The number of hydrogen-bond acceptors (Lipinski definition) is 3. The molecular formula is C15H16FNO4. The summed E-state index contributed by atoms with van der Waals surface area (Å²) in [7, 11) is 0. The topological polar surface area (TPSA) is 75.6 Å². The van der Waals surface area contributed by atoms with E-state index in [1.165, 1.54) is 12.1 Å². The van der Waals surface area contributed by atoms with Gasteiger partial charge in [-0.2, -0.15) is 0 Å². The Morgan fingerprint density at radius 1 is 1.29 bits per heavy atom. The minimum atomic E-state index is -1.02. The van der Waals surface area contributed by atoms with Crippen LogP contribution < -0.4 is 5.32 Å². The molecule has 0 spiro atoms. The van der Waals surface area contributed by atoms with Gasteiger partial charge in [-0.1, -0.05) is 6.07 Å². The third kappa shape index (κ3) is 2.40. The van der Waals surface area contributed by atoms with Crippen LogP contribution in [0.1, 0.15) is 18.4 Å². The molecule has 0 aliphatic carbocycles. The Morgan fingerprint density at radius 2 is 1.95 bits per heavy atom. The summed E-state index contributed by atoms with van der Waals surface area (Å²) >= 11 is 0. The standard InChI is InChI=1S/C15H16FNO4/c1-7-2-3-8(16)6-9(7)17-14(18)12-10-4-5-11(21-10)13(12)15(19)20/h2-3,6,10-13H,4-5H2,1H3,(H,17,18)(H,19,20)/t10-,11+,12+,13-/m0/s1. The number of carboxylic acid groups (broad SMARTS) is 1. The molecule has 2 fully saturated rings. The van der Waals surface area contributed by atoms with Crippen LogP contribution in [0.4, 0.5) is 10.1 Å². The molecule has 2 bridgehead atoms. The minimum absolute atomic E-state index is 0.357. The molecule has 0 aromatic heterocycles. The summed E-state index contributed by atoms with van der Waals surface area (Å²) in [6.07, 6.45) is 0.612. The van der Waals surface area contributed by atoms with E-state index in [2.05, 4.69) is 5.32 Å². The molecule has 2 heterocycles. The van der Waals surface area contributed by atoms with E-state index in [9.17, 15) is 19.1 Å². The van der Waals surface area contributed by atoms with Gasteiger partial charge in [0, 0.05) is 5.69 Å². The van der Waals surface area contributed by atoms with Crippen LogP contribution in [0.2, 0.25) is 0 Å². The molecule has 21 heavy (non-hydrogen) atoms. The molecule has 6 heteroatoms. The van der Waals surface area contributed by atoms with Crippen LogP contribution in [-0.2, 0) is 14.3 Å². The van der Waals surface area contributed by atoms with Crippen molar-refractivity contribution >= 4 is 17.6 Å². The largest absolute Gasteiger partial charge is 0.481 e. The first-order valence-corrected chi connectivity index (χ1v) is 6.92. The number of ether oxygens (including phenoxy) is 1. The number of amides is 1. The van der Waals surface area contributed by atoms with Crippen LogP contribution in [0.25, 0.3) is 0 Å². The molecule has 4 atom stereocenters. The molecule has 2 aliphatic rings. The molecule has 2 saturated heterocycles. The summed E-state index contributed by atoms with van der Waals surface area (Å²) in [4.78, 5) is 23.8. The van der Waals surface area contributed by atoms with Crippen molar-refractivity contribution in [2.75, 3.05) is 5.32 Å². The molecule has 2 N–H and O–H groups in total. The van der Waals surface area contributed by atoms with Crippen LogP contribution in [0.15, 0.2) is 18.2 Å². The highest BCUT2D eigenvalue weighted by Crippen LogP contribution is 2.44. The molecule has 1 aromatic rings. The number of hydrogen-bond donors (Lipinski definition) is 2. The monoisotopic (exact) mass is 293 g/mol. The van der Waals surface area contributed by atoms with Crippen molar-refractivity contribution in [3.8, 4) is 0 Å². The van der Waals surface area contributed by atoms with E-state index < -0.39 is 35.6 Å². The van der Waals surface area contributed by atoms with E-state index in [0.717, 1.165) is 5.56 Å². The van der Waals surface area contributed by atoms with Crippen LogP contribution in [0, 0.1) is 24.6 Å². The van der Waals surface area contributed by atoms with Gasteiger partial charge in [-0.05, 0) is 37.5 Å². The Labute approximate surface area is 121 Å². The van der Waals surface area contributed by atoms with Crippen LogP contribution in [-0.4, -0.2) is 29.2 Å². The lowest BCUT2D eigenvalue weighted by atomic mass is 9.78. The van der Waals surface area contributed by atoms with Gasteiger partial charge in [-0.25, -0.2) is 4.39 Å². The van der Waals surface area contributed by atoms with E-state index >= 15 is 0 Å². The highest BCUT2D eigenvalue weighted by Gasteiger charge is 2.55. The van der Waals surface area contributed by atoms with Crippen LogP contribution in [0.5, 0.6) is 0 Å². The number of carboxylic acids is 1. The molecule has 1 amide bonds. The van der Waals surface area contributed by atoms with E-state index in [1.807, 2.05) is 0 Å². The summed E-state index contributed by atoms with van der Waals surface area (Å²) in [5, 5.41) is 11.9. The van der Waals surface area contributed by atoms with Crippen molar-refractivity contribution in [2.45, 2.75) is 32.0 Å². The van der Waals surface area contributed by atoms with E-state index in [4.69, 9.17) is 4.74 Å². The van der Waals surface area contributed by atoms with Gasteiger partial charge in [0.05, 0.1) is 24.0 Å². The van der Waals surface area contributed by atoms with Crippen LogP contribution >= 0.6 is 0 Å². The molecule has 3 rings (SSSR count). The predicted molar refractivity (Wildman–Crippen MR) is 72.3 cm³/mol. The lowest BCUT2D eigenvalue weighted by molar-refractivity contribution is -0.147. The highest BCUT2D eigenvalue weighted by molar-refractivity contribution is 5.96. The van der Waals surface area contributed by atoms with E-state index in [1.54, 1.807) is 13.0 Å². The van der Waals surface area contributed by atoms with Crippen molar-refractivity contribution in [3.05, 3.63) is 29.6 Å². The number of nitrogens with one attached hydrogen (secondary N) is 1. The number of anilines is 1. The molecule has 2 aliphatic heterocycles. The summed E-state index contributed by atoms with van der Waals surface area (Å²) in [6, 6.07) is 4.11. The molecule has 0 saturated carbocycles. The summed E-state index contributed by atoms with van der Waals surface area (Å²) in [6.45, 7) is 1.75. The maximum atomic E-state index is 13.3. The van der Waals surface area contributed by atoms with Gasteiger partial charge in [0.25, 0.3) is 0 Å². The lowest BCUT2D eigenvalue weighted by Crippen LogP contribution is -2.41. The zero-order chi connectivity index (χ0) is 15.1. The fourth-order valence-electron chi connectivity index (χ4n) is 3.27. The number of rotatable bonds is 3. The third-order valence-corrected chi connectivity index (χ3v) is 4.32. The van der Waals surface area contributed by atoms with Crippen LogP contribution in [0.3, 0.4) is 0 Å². The summed E-state index contributed by atoms with van der Waals surface area (Å²) in [5.74, 6) is -3.42. The van der Waals surface area contributed by atoms with Gasteiger partial charge in [-0.15, -0.1) is 0 Å². The SMILES string of the molecule is Cc1ccc(F)cc1NC(=O)[C@H]1[C@@H](C(=O)O)[C@H]2CC[C@@H]1O2. The average molecular weight is 293 g/mol. The maximum Gasteiger partial charge on any atom is 0.310 e. The Bertz CT molecular complexity index is 603. The first kappa shape index (κ1) is 14.0. The molecule has 0 radical (unpaired) electrons. The number of benzene rings is 1. The van der Waals surface area contributed by atoms with Crippen molar-refractivity contribution in [2.24, 2.45) is 11.8 Å². The molecule has 112 valence electrons. The second-order valence-electron chi connectivity index (χ2n) is 5.63. The third-order valence-electron chi connectivity index (χ3n) is 4.32. The maximum absolute atomic E-state index is 13.3. The molecule has 1 aromatic carbocycles. The van der Waals surface area contributed by atoms with E-state index in [-0.39, 0.29) is 6.10 Å². The predicted octanol–water partition coefficient (Wildman–Crippen LogP) is 1.95. The Balaban J connectivity index is 1.81. The number of carbonyl (C=O) groups excluding carboxylic acids is 1. The fraction of sp³-hybridized carbons (Fsp3) is 0.467. The molecular weight excluding hydrogens is 277 g/mol. The van der Waals surface area contributed by atoms with Gasteiger partial charge in [0.1, 0.15) is 5.82 Å². The first-order chi connectivity index (χ1) is 9.97. The zero-order valence-corrected chi connectivity index (χ0v) is 11.5. The summed E-state index contributed by atoms with van der Waals surface area (Å²) < 4.78 is 18.8. The first-order valence-electron chi connectivity index (χ1n) is 6.92. The fourth-order valence-corrected chi connectivity index (χ4v) is 3.27. The van der Waals surface area contributed by atoms with Crippen molar-refractivity contribution in [1.82, 2.24) is 0 Å². The second-order valence-corrected chi connectivity index (χ2v) is 5.63. The Morgan fingerprint density at radius 3 is 2.62 bits per heavy atom. The molecule has 5 nitrogen and oxygen atoms in total. The molecule has 0 unspecified atom stereocenters. The second kappa shape index (κ2) is 5.11. The lowest BCUT2D eigenvalue weighted by Gasteiger charge is -2.24. The van der Waals surface area contributed by atoms with Crippen molar-refractivity contribution in [1.29, 1.82) is 0 Å². The number of fused-ring (bicyclic) bond motifs is 2. The summed E-state index contributed by atoms with van der Waals surface area (Å²) in [5.41, 5.74) is 1.09. The quantitative estimate of drug-likeness (QED) is 0.893. The average Bonchev–Trinajstić information content (AvgIpc) is 3.03. The Hall–Kier alpha value is -1.95. The normalized spacial score (nSPS) is 30.4. The van der Waals surface area contributed by atoms with Gasteiger partial charge >= 0.3 is 5.97 Å². The Kier molecular flexibility index (Phi) is 3.41. The number of aryl methyl sites for hydroxylation is 1. The minimum Gasteiger partial charge on any atom is -0.481 e. The number of carbonyl (C=O) groups is 2. The number of halogens is 1. The van der Waals surface area contributed by atoms with Gasteiger partial charge in [0.15, 0.2) is 0 Å².